The second-order valence-corrected chi connectivity index (χ2v) is 8.65. The van der Waals surface area contributed by atoms with Gasteiger partial charge in [0.25, 0.3) is 0 Å². The number of nitrogens with one attached hydrogen (secondary N) is 3. The Balaban J connectivity index is 6.01. The zero-order valence-corrected chi connectivity index (χ0v) is 22.0. The number of hydrogen-bond donors (Lipinski definition) is 4. The zero-order valence-electron chi connectivity index (χ0n) is 22.0. The Morgan fingerprint density at radius 3 is 2.36 bits per heavy atom. The molecule has 0 spiro atoms. The van der Waals surface area contributed by atoms with Crippen LogP contribution in [-0.2, 0) is 0 Å². The van der Waals surface area contributed by atoms with Crippen LogP contribution in [0.3, 0.4) is 0 Å². The normalized spacial score (nSPS) is 15.0. The van der Waals surface area contributed by atoms with Gasteiger partial charge >= 0.3 is 0 Å². The SMILES string of the molecule is C=C/C=C(/C(=C(C)/C=C\C(=C)C)C(C=C)CCC(C)NC)N(C)CN/C=C(/CCCC)NN. The Morgan fingerprint density at radius 1 is 1.15 bits per heavy atom. The minimum atomic E-state index is 0.214. The van der Waals surface area contributed by atoms with E-state index in [1.54, 1.807) is 0 Å². The fraction of sp³-hybridized carbons (Fsp3) is 0.500. The highest BCUT2D eigenvalue weighted by atomic mass is 15.2. The third kappa shape index (κ3) is 12.4. The van der Waals surface area contributed by atoms with Crippen molar-refractivity contribution in [3.63, 3.8) is 0 Å². The van der Waals surface area contributed by atoms with Crippen molar-refractivity contribution in [3.8, 4) is 0 Å². The molecular formula is C28H49N5. The Morgan fingerprint density at radius 2 is 1.85 bits per heavy atom. The standard InChI is InChI=1S/C28H49N5/c1-10-13-15-26(32-29)20-31-21-33(9)27(14-11-2)28(23(6)17-16-22(4)5)25(12-3)19-18-24(7)30-8/h11-12,14,16-17,20,24-25,30-32H,2-4,10,13,15,18-19,21,29H2,1,5-9H3/b17-16-,26-20-,27-14-,28-23+. The van der Waals surface area contributed by atoms with Crippen molar-refractivity contribution in [2.45, 2.75) is 65.8 Å². The first-order chi connectivity index (χ1) is 15.7. The molecule has 5 nitrogen and oxygen atoms in total. The molecule has 0 aliphatic carbocycles. The lowest BCUT2D eigenvalue weighted by atomic mass is 9.86. The van der Waals surface area contributed by atoms with Crippen molar-refractivity contribution in [3.05, 3.63) is 84.4 Å². The van der Waals surface area contributed by atoms with Crippen molar-refractivity contribution >= 4 is 0 Å². The summed E-state index contributed by atoms with van der Waals surface area (Å²) in [7, 11) is 4.09. The largest absolute Gasteiger partial charge is 0.372 e. The van der Waals surface area contributed by atoms with Crippen LogP contribution in [0.2, 0.25) is 0 Å². The Labute approximate surface area is 203 Å². The predicted molar refractivity (Wildman–Crippen MR) is 147 cm³/mol. The van der Waals surface area contributed by atoms with Crippen molar-refractivity contribution in [2.75, 3.05) is 20.8 Å². The fourth-order valence-corrected chi connectivity index (χ4v) is 3.47. The number of nitrogens with two attached hydrogens (primary N) is 1. The van der Waals surface area contributed by atoms with Gasteiger partial charge in [0.2, 0.25) is 0 Å². The summed E-state index contributed by atoms with van der Waals surface area (Å²) in [6.45, 7) is 21.3. The minimum Gasteiger partial charge on any atom is -0.372 e. The topological polar surface area (TPSA) is 65.3 Å². The van der Waals surface area contributed by atoms with Crippen LogP contribution in [0.15, 0.2) is 84.4 Å². The number of rotatable bonds is 18. The minimum absolute atomic E-state index is 0.214. The summed E-state index contributed by atoms with van der Waals surface area (Å²) < 4.78 is 0. The molecule has 0 aliphatic rings. The van der Waals surface area contributed by atoms with Crippen molar-refractivity contribution in [1.29, 1.82) is 0 Å². The molecule has 186 valence electrons. The predicted octanol–water partition coefficient (Wildman–Crippen LogP) is 5.67. The van der Waals surface area contributed by atoms with E-state index < -0.39 is 0 Å². The van der Waals surface area contributed by atoms with Gasteiger partial charge in [0.15, 0.2) is 0 Å². The fourth-order valence-electron chi connectivity index (χ4n) is 3.47. The molecule has 0 aromatic rings. The van der Waals surface area contributed by atoms with Crippen LogP contribution in [0.1, 0.15) is 59.8 Å². The molecule has 0 saturated carbocycles. The van der Waals surface area contributed by atoms with Crippen LogP contribution in [0.5, 0.6) is 0 Å². The average molecular weight is 456 g/mol. The van der Waals surface area contributed by atoms with Gasteiger partial charge in [-0.05, 0) is 70.7 Å². The van der Waals surface area contributed by atoms with E-state index in [-0.39, 0.29) is 5.92 Å². The van der Waals surface area contributed by atoms with Gasteiger partial charge in [-0.2, -0.15) is 0 Å². The number of allylic oxidation sites excluding steroid dienone is 9. The molecule has 0 bridgehead atoms. The monoisotopic (exact) mass is 455 g/mol. The van der Waals surface area contributed by atoms with Crippen LogP contribution in [0.25, 0.3) is 0 Å². The maximum atomic E-state index is 5.68. The summed E-state index contributed by atoms with van der Waals surface area (Å²) in [6.07, 6.45) is 17.4. The van der Waals surface area contributed by atoms with Crippen LogP contribution in [0, 0.1) is 5.92 Å². The van der Waals surface area contributed by atoms with E-state index >= 15 is 0 Å². The van der Waals surface area contributed by atoms with Crippen LogP contribution >= 0.6 is 0 Å². The maximum absolute atomic E-state index is 5.68. The molecule has 0 aliphatic heterocycles. The summed E-state index contributed by atoms with van der Waals surface area (Å²) in [5.74, 6) is 5.89. The Hall–Kier alpha value is -2.50. The van der Waals surface area contributed by atoms with Gasteiger partial charge in [-0.1, -0.05) is 56.4 Å². The molecule has 5 N–H and O–H groups in total. The third-order valence-corrected chi connectivity index (χ3v) is 5.65. The molecule has 0 heterocycles. The van der Waals surface area contributed by atoms with Gasteiger partial charge in [0.1, 0.15) is 0 Å². The molecule has 0 fully saturated rings. The van der Waals surface area contributed by atoms with Crippen LogP contribution < -0.4 is 21.9 Å². The number of nitrogens with zero attached hydrogens (tertiary/aromatic N) is 1. The molecule has 0 amide bonds. The molecule has 33 heavy (non-hydrogen) atoms. The lowest BCUT2D eigenvalue weighted by molar-refractivity contribution is 0.395. The van der Waals surface area contributed by atoms with Gasteiger partial charge in [-0.3, -0.25) is 5.84 Å². The van der Waals surface area contributed by atoms with Gasteiger partial charge in [0.05, 0.1) is 6.67 Å². The Bertz CT molecular complexity index is 727. The lowest BCUT2D eigenvalue weighted by Gasteiger charge is -2.30. The second kappa shape index (κ2) is 18.0. The van der Waals surface area contributed by atoms with Crippen LogP contribution in [0.4, 0.5) is 0 Å². The highest BCUT2D eigenvalue weighted by molar-refractivity contribution is 5.44. The molecule has 0 aromatic heterocycles. The van der Waals surface area contributed by atoms with Gasteiger partial charge in [-0.25, -0.2) is 0 Å². The number of hydrogen-bond acceptors (Lipinski definition) is 5. The summed E-state index contributed by atoms with van der Waals surface area (Å²) in [4.78, 5) is 2.21. The van der Waals surface area contributed by atoms with Crippen LogP contribution in [-0.4, -0.2) is 31.7 Å². The van der Waals surface area contributed by atoms with Gasteiger partial charge < -0.3 is 21.0 Å². The van der Waals surface area contributed by atoms with Crippen molar-refractivity contribution in [2.24, 2.45) is 11.8 Å². The molecular weight excluding hydrogens is 406 g/mol. The molecule has 0 rings (SSSR count). The first-order valence-electron chi connectivity index (χ1n) is 12.0. The van der Waals surface area contributed by atoms with Crippen molar-refractivity contribution in [1.82, 2.24) is 21.0 Å². The summed E-state index contributed by atoms with van der Waals surface area (Å²) in [5, 5.41) is 6.74. The van der Waals surface area contributed by atoms with E-state index in [0.29, 0.717) is 12.7 Å². The number of hydrazine groups is 1. The first-order valence-corrected chi connectivity index (χ1v) is 12.0. The zero-order chi connectivity index (χ0) is 25.2. The number of unbranched alkanes of at least 4 members (excludes halogenated alkanes) is 1. The summed E-state index contributed by atoms with van der Waals surface area (Å²) in [5.41, 5.74) is 8.39. The van der Waals surface area contributed by atoms with E-state index in [0.717, 1.165) is 49.1 Å². The molecule has 2 atom stereocenters. The van der Waals surface area contributed by atoms with E-state index in [2.05, 4.69) is 92.8 Å². The van der Waals surface area contributed by atoms with Crippen molar-refractivity contribution < 1.29 is 0 Å². The highest BCUT2D eigenvalue weighted by Crippen LogP contribution is 2.31. The molecule has 2 unspecified atom stereocenters. The average Bonchev–Trinajstić information content (AvgIpc) is 2.80. The second-order valence-electron chi connectivity index (χ2n) is 8.65. The third-order valence-electron chi connectivity index (χ3n) is 5.65. The summed E-state index contributed by atoms with van der Waals surface area (Å²) >= 11 is 0. The van der Waals surface area contributed by atoms with Gasteiger partial charge in [-0.15, -0.1) is 6.58 Å². The highest BCUT2D eigenvalue weighted by Gasteiger charge is 2.20. The van der Waals surface area contributed by atoms with E-state index in [1.165, 1.54) is 11.1 Å². The maximum Gasteiger partial charge on any atom is 0.0869 e. The lowest BCUT2D eigenvalue weighted by Crippen LogP contribution is -2.32. The quantitative estimate of drug-likeness (QED) is 0.0705. The summed E-state index contributed by atoms with van der Waals surface area (Å²) in [6, 6.07) is 0.446. The Kier molecular flexibility index (Phi) is 16.6. The van der Waals surface area contributed by atoms with Gasteiger partial charge in [0, 0.05) is 36.6 Å². The molecule has 0 aromatic carbocycles. The number of likely N-dealkylation sites (N-methyl/N-ethyl adjacent to an activating group) is 1. The van der Waals surface area contributed by atoms with E-state index in [4.69, 9.17) is 5.84 Å². The van der Waals surface area contributed by atoms with E-state index in [1.807, 2.05) is 26.2 Å². The molecule has 0 radical (unpaired) electrons. The smallest absolute Gasteiger partial charge is 0.0869 e. The van der Waals surface area contributed by atoms with E-state index in [9.17, 15) is 0 Å². The first kappa shape index (κ1) is 30.5. The molecule has 5 heteroatoms. The molecule has 0 saturated heterocycles.